The van der Waals surface area contributed by atoms with E-state index in [0.717, 1.165) is 0 Å². The van der Waals surface area contributed by atoms with Crippen LogP contribution in [0.3, 0.4) is 0 Å². The maximum atomic E-state index is 2.30. The van der Waals surface area contributed by atoms with E-state index < -0.39 is 0 Å². The van der Waals surface area contributed by atoms with Crippen LogP contribution in [0.2, 0.25) is 10.8 Å². The van der Waals surface area contributed by atoms with Gasteiger partial charge >= 0.3 is 87.4 Å². The van der Waals surface area contributed by atoms with Crippen molar-refractivity contribution >= 4 is 0 Å². The van der Waals surface area contributed by atoms with Gasteiger partial charge in [0.1, 0.15) is 0 Å². The molecule has 0 bridgehead atoms. The maximum absolute atomic E-state index is 2.30. The van der Waals surface area contributed by atoms with Gasteiger partial charge in [-0.25, -0.2) is 0 Å². The molecule has 0 aromatic heterocycles. The molecule has 1 heteroatoms. The summed E-state index contributed by atoms with van der Waals surface area (Å²) in [4.78, 5) is 0. The number of rotatable bonds is 0. The van der Waals surface area contributed by atoms with Gasteiger partial charge < -0.3 is 0 Å². The third kappa shape index (κ3) is 6.84. The summed E-state index contributed by atoms with van der Waals surface area (Å²) in [5.74, 6) is 0. The van der Waals surface area contributed by atoms with E-state index >= 15 is 0 Å². The SMILES string of the molecule is C1=C\[CH2][Ni][CH2]/C=C/CC/C=C/CC/1. The first-order chi connectivity index (χ1) is 6.50. The van der Waals surface area contributed by atoms with Gasteiger partial charge in [-0.1, -0.05) is 0 Å². The molecule has 1 rings (SSSR count). The number of hydrogen-bond donors (Lipinski definition) is 0. The number of hydrogen-bond acceptors (Lipinski definition) is 0. The third-order valence-electron chi connectivity index (χ3n) is 1.83. The summed E-state index contributed by atoms with van der Waals surface area (Å²) < 4.78 is 0. The Morgan fingerprint density at radius 2 is 0.923 bits per heavy atom. The Balaban J connectivity index is 2.27. The van der Waals surface area contributed by atoms with E-state index in [1.54, 1.807) is 0 Å². The van der Waals surface area contributed by atoms with E-state index in [1.165, 1.54) is 36.5 Å². The average molecular weight is 221 g/mol. The van der Waals surface area contributed by atoms with Crippen molar-refractivity contribution in [2.75, 3.05) is 0 Å². The van der Waals surface area contributed by atoms with Crippen molar-refractivity contribution in [2.45, 2.75) is 36.5 Å². The Kier molecular flexibility index (Phi) is 6.91. The van der Waals surface area contributed by atoms with Gasteiger partial charge in [0.05, 0.1) is 0 Å². The molecule has 0 unspecified atom stereocenters. The Morgan fingerprint density at radius 1 is 0.538 bits per heavy atom. The van der Waals surface area contributed by atoms with Gasteiger partial charge in [-0.3, -0.25) is 0 Å². The summed E-state index contributed by atoms with van der Waals surface area (Å²) in [5.41, 5.74) is 0. The molecule has 0 aromatic rings. The van der Waals surface area contributed by atoms with Crippen LogP contribution in [-0.4, -0.2) is 0 Å². The van der Waals surface area contributed by atoms with Gasteiger partial charge in [-0.05, 0) is 0 Å². The molecule has 76 valence electrons. The van der Waals surface area contributed by atoms with Crippen LogP contribution in [-0.2, 0) is 14.4 Å². The molecule has 1 aliphatic rings. The van der Waals surface area contributed by atoms with Crippen LogP contribution in [0.4, 0.5) is 0 Å². The average Bonchev–Trinajstić information content (AvgIpc) is 2.18. The molecule has 0 fully saturated rings. The second kappa shape index (κ2) is 8.32. The van der Waals surface area contributed by atoms with Crippen molar-refractivity contribution in [1.82, 2.24) is 0 Å². The fourth-order valence-corrected chi connectivity index (χ4v) is 1.94. The van der Waals surface area contributed by atoms with Crippen LogP contribution in [0.1, 0.15) is 25.7 Å². The molecule has 0 N–H and O–H groups in total. The zero-order chi connectivity index (χ0) is 9.19. The fraction of sp³-hybridized carbons (Fsp3) is 0.500. The molecular weight excluding hydrogens is 203 g/mol. The van der Waals surface area contributed by atoms with Crippen LogP contribution in [0.25, 0.3) is 0 Å². The first kappa shape index (κ1) is 10.8. The summed E-state index contributed by atoms with van der Waals surface area (Å²) in [5, 5.41) is 2.36. The summed E-state index contributed by atoms with van der Waals surface area (Å²) in [6, 6.07) is 0. The van der Waals surface area contributed by atoms with E-state index in [-0.39, 0.29) is 0 Å². The van der Waals surface area contributed by atoms with Crippen molar-refractivity contribution < 1.29 is 14.4 Å². The summed E-state index contributed by atoms with van der Waals surface area (Å²) in [7, 11) is 0. The van der Waals surface area contributed by atoms with Crippen molar-refractivity contribution in [3.63, 3.8) is 0 Å². The van der Waals surface area contributed by atoms with E-state index in [1.807, 2.05) is 14.4 Å². The van der Waals surface area contributed by atoms with Gasteiger partial charge in [0.25, 0.3) is 0 Å². The number of allylic oxidation sites excluding steroid dienone is 6. The summed E-state index contributed by atoms with van der Waals surface area (Å²) in [6.45, 7) is 0. The summed E-state index contributed by atoms with van der Waals surface area (Å²) in [6.07, 6.45) is 18.6. The zero-order valence-electron chi connectivity index (χ0n) is 8.02. The van der Waals surface area contributed by atoms with E-state index in [0.29, 0.717) is 0 Å². The standard InChI is InChI=1S/C12H18.Ni/c1-3-5-7-9-11-12-10-8-6-4-2;/h3-6,11-12H,1-2,7-10H2;/b5-3-,6-4+,12-11+;. The molecule has 0 saturated heterocycles. The van der Waals surface area contributed by atoms with Crippen LogP contribution in [0.5, 0.6) is 0 Å². The van der Waals surface area contributed by atoms with Crippen molar-refractivity contribution in [3.05, 3.63) is 36.5 Å². The predicted octanol–water partition coefficient (Wildman–Crippen LogP) is 4.15. The van der Waals surface area contributed by atoms with Gasteiger partial charge in [0.2, 0.25) is 0 Å². The molecule has 1 heterocycles. The molecular formula is C12H18Ni. The first-order valence-corrected chi connectivity index (χ1v) is 6.29. The molecule has 0 nitrogen and oxygen atoms in total. The van der Waals surface area contributed by atoms with Gasteiger partial charge in [0.15, 0.2) is 0 Å². The zero-order valence-corrected chi connectivity index (χ0v) is 9.01. The molecule has 0 saturated carbocycles. The molecule has 0 aromatic carbocycles. The minimum atomic E-state index is 1.18. The molecule has 1 aliphatic heterocycles. The quantitative estimate of drug-likeness (QED) is 0.425. The molecule has 13 heavy (non-hydrogen) atoms. The van der Waals surface area contributed by atoms with Gasteiger partial charge in [0, 0.05) is 0 Å². The summed E-state index contributed by atoms with van der Waals surface area (Å²) >= 11 is 1.81. The van der Waals surface area contributed by atoms with Crippen LogP contribution >= 0.6 is 0 Å². The first-order valence-electron chi connectivity index (χ1n) is 4.90. The Bertz CT molecular complexity index is 169. The van der Waals surface area contributed by atoms with Crippen LogP contribution in [0, 0.1) is 0 Å². The van der Waals surface area contributed by atoms with Gasteiger partial charge in [-0.2, -0.15) is 0 Å². The molecule has 0 amide bonds. The fourth-order valence-electron chi connectivity index (χ4n) is 1.12. The minimum absolute atomic E-state index is 1.18. The Labute approximate surface area is 87.6 Å². The topological polar surface area (TPSA) is 0 Å². The van der Waals surface area contributed by atoms with Crippen molar-refractivity contribution in [1.29, 1.82) is 0 Å². The van der Waals surface area contributed by atoms with Crippen LogP contribution in [0.15, 0.2) is 36.5 Å². The Hall–Kier alpha value is -0.286. The normalized spacial score (nSPS) is 28.3. The molecule has 0 spiro atoms. The Morgan fingerprint density at radius 3 is 1.38 bits per heavy atom. The van der Waals surface area contributed by atoms with E-state index in [2.05, 4.69) is 36.5 Å². The van der Waals surface area contributed by atoms with Crippen LogP contribution < -0.4 is 0 Å². The van der Waals surface area contributed by atoms with Crippen molar-refractivity contribution in [2.24, 2.45) is 0 Å². The molecule has 0 atom stereocenters. The van der Waals surface area contributed by atoms with E-state index in [4.69, 9.17) is 0 Å². The van der Waals surface area contributed by atoms with E-state index in [9.17, 15) is 0 Å². The predicted molar refractivity (Wildman–Crippen MR) is 55.5 cm³/mol. The van der Waals surface area contributed by atoms with Gasteiger partial charge in [-0.15, -0.1) is 0 Å². The van der Waals surface area contributed by atoms with Crippen molar-refractivity contribution in [3.8, 4) is 0 Å². The second-order valence-electron chi connectivity index (χ2n) is 2.99. The molecule has 0 aliphatic carbocycles. The third-order valence-corrected chi connectivity index (χ3v) is 2.87. The second-order valence-corrected chi connectivity index (χ2v) is 4.29. The monoisotopic (exact) mass is 220 g/mol. The molecule has 0 radical (unpaired) electrons.